The van der Waals surface area contributed by atoms with Crippen molar-refractivity contribution in [3.63, 3.8) is 0 Å². The average Bonchev–Trinajstić information content (AvgIpc) is 2.68. The van der Waals surface area contributed by atoms with E-state index < -0.39 is 10.0 Å². The van der Waals surface area contributed by atoms with Crippen LogP contribution in [-0.4, -0.2) is 20.5 Å². The van der Waals surface area contributed by atoms with E-state index in [1.807, 2.05) is 0 Å². The van der Waals surface area contributed by atoms with Gasteiger partial charge >= 0.3 is 0 Å². The van der Waals surface area contributed by atoms with Crippen LogP contribution in [0.1, 0.15) is 5.56 Å². The lowest BCUT2D eigenvalue weighted by Gasteiger charge is -2.10. The fraction of sp³-hybridized carbons (Fsp3) is 0.105. The fourth-order valence-electron chi connectivity index (χ4n) is 2.32. The van der Waals surface area contributed by atoms with Gasteiger partial charge in [-0.25, -0.2) is 17.8 Å². The smallest absolute Gasteiger partial charge is 0.263 e. The average molecular weight is 387 g/mol. The van der Waals surface area contributed by atoms with Gasteiger partial charge in [-0.2, -0.15) is 0 Å². The van der Waals surface area contributed by atoms with Crippen molar-refractivity contribution in [2.45, 2.75) is 11.4 Å². The molecule has 0 unspecified atom stereocenters. The number of ether oxygens (including phenoxy) is 1. The van der Waals surface area contributed by atoms with Crippen molar-refractivity contribution >= 4 is 21.5 Å². The number of nitrogens with zero attached hydrogens (tertiary/aromatic N) is 1. The molecule has 0 amide bonds. The lowest BCUT2D eigenvalue weighted by molar-refractivity contribution is 0.414. The van der Waals surface area contributed by atoms with Crippen LogP contribution in [0, 0.1) is 5.82 Å². The molecule has 0 fully saturated rings. The Hall–Kier alpha value is -3.13. The van der Waals surface area contributed by atoms with Crippen LogP contribution in [0.25, 0.3) is 0 Å². The van der Waals surface area contributed by atoms with Crippen molar-refractivity contribution in [3.8, 4) is 5.75 Å². The number of rotatable bonds is 7. The normalized spacial score (nSPS) is 11.0. The third kappa shape index (κ3) is 4.95. The second-order valence-corrected chi connectivity index (χ2v) is 7.38. The molecule has 27 heavy (non-hydrogen) atoms. The molecule has 3 aromatic rings. The van der Waals surface area contributed by atoms with Crippen molar-refractivity contribution in [2.75, 3.05) is 17.1 Å². The van der Waals surface area contributed by atoms with E-state index in [0.29, 0.717) is 18.0 Å². The number of pyridine rings is 1. The number of hydrogen-bond acceptors (Lipinski definition) is 5. The third-order valence-electron chi connectivity index (χ3n) is 3.78. The molecule has 0 saturated carbocycles. The van der Waals surface area contributed by atoms with E-state index in [1.165, 1.54) is 37.6 Å². The summed E-state index contributed by atoms with van der Waals surface area (Å²) >= 11 is 0. The van der Waals surface area contributed by atoms with Gasteiger partial charge in [-0.1, -0.05) is 12.1 Å². The first-order chi connectivity index (χ1) is 13.0. The second-order valence-electron chi connectivity index (χ2n) is 5.69. The van der Waals surface area contributed by atoms with E-state index >= 15 is 0 Å². The molecule has 0 aliphatic rings. The number of hydrogen-bond donors (Lipinski definition) is 2. The molecule has 0 bridgehead atoms. The summed E-state index contributed by atoms with van der Waals surface area (Å²) in [5.74, 6) is 0.496. The Morgan fingerprint density at radius 3 is 2.30 bits per heavy atom. The summed E-state index contributed by atoms with van der Waals surface area (Å²) in [6.45, 7) is 0.499. The molecule has 0 spiro atoms. The standard InChI is InChI=1S/C19H18FN3O3S/c1-26-17-7-9-18(10-8-17)27(24,25)23-19-11-6-16(13-22-19)21-12-14-2-4-15(20)5-3-14/h2-11,13,21H,12H2,1H3,(H,22,23). The number of methoxy groups -OCH3 is 1. The molecule has 0 saturated heterocycles. The van der Waals surface area contributed by atoms with Crippen LogP contribution in [0.15, 0.2) is 71.8 Å². The minimum absolute atomic E-state index is 0.114. The highest BCUT2D eigenvalue weighted by Crippen LogP contribution is 2.19. The lowest BCUT2D eigenvalue weighted by Crippen LogP contribution is -2.14. The topological polar surface area (TPSA) is 80.3 Å². The first-order valence-corrected chi connectivity index (χ1v) is 9.56. The summed E-state index contributed by atoms with van der Waals surface area (Å²) in [4.78, 5) is 4.23. The van der Waals surface area contributed by atoms with Gasteiger partial charge < -0.3 is 10.1 Å². The zero-order chi connectivity index (χ0) is 19.3. The molecule has 2 N–H and O–H groups in total. The van der Waals surface area contributed by atoms with Gasteiger partial charge in [0.2, 0.25) is 0 Å². The van der Waals surface area contributed by atoms with Crippen molar-refractivity contribution in [2.24, 2.45) is 0 Å². The Kier molecular flexibility index (Phi) is 5.56. The van der Waals surface area contributed by atoms with Crippen LogP contribution in [-0.2, 0) is 16.6 Å². The highest BCUT2D eigenvalue weighted by molar-refractivity contribution is 7.92. The van der Waals surface area contributed by atoms with Crippen molar-refractivity contribution in [1.82, 2.24) is 4.98 Å². The van der Waals surface area contributed by atoms with Gasteiger partial charge in [0.15, 0.2) is 0 Å². The Bertz CT molecular complexity index is 990. The Morgan fingerprint density at radius 1 is 1.00 bits per heavy atom. The highest BCUT2D eigenvalue weighted by Gasteiger charge is 2.14. The largest absolute Gasteiger partial charge is 0.497 e. The van der Waals surface area contributed by atoms with Crippen LogP contribution in [0.2, 0.25) is 0 Å². The summed E-state index contributed by atoms with van der Waals surface area (Å²) in [6.07, 6.45) is 1.52. The van der Waals surface area contributed by atoms with Crippen molar-refractivity contribution < 1.29 is 17.5 Å². The molecule has 2 aromatic carbocycles. The molecule has 3 rings (SSSR count). The molecule has 0 aliphatic heterocycles. The lowest BCUT2D eigenvalue weighted by atomic mass is 10.2. The molecular formula is C19H18FN3O3S. The van der Waals surface area contributed by atoms with E-state index in [1.54, 1.807) is 36.4 Å². The maximum atomic E-state index is 12.9. The molecule has 1 heterocycles. The van der Waals surface area contributed by atoms with Crippen LogP contribution in [0.3, 0.4) is 0 Å². The molecule has 0 aliphatic carbocycles. The van der Waals surface area contributed by atoms with Gasteiger partial charge in [0.1, 0.15) is 17.4 Å². The van der Waals surface area contributed by atoms with E-state index in [0.717, 1.165) is 5.56 Å². The van der Waals surface area contributed by atoms with Crippen molar-refractivity contribution in [3.05, 3.63) is 78.2 Å². The van der Waals surface area contributed by atoms with Gasteiger partial charge in [-0.3, -0.25) is 4.72 Å². The van der Waals surface area contributed by atoms with Gasteiger partial charge in [-0.05, 0) is 54.1 Å². The minimum Gasteiger partial charge on any atom is -0.497 e. The van der Waals surface area contributed by atoms with E-state index in [2.05, 4.69) is 15.0 Å². The Balaban J connectivity index is 1.63. The van der Waals surface area contributed by atoms with Gasteiger partial charge in [0.05, 0.1) is 23.9 Å². The van der Waals surface area contributed by atoms with Gasteiger partial charge in [0, 0.05) is 6.54 Å². The first kappa shape index (κ1) is 18.7. The molecule has 1 aromatic heterocycles. The molecule has 0 radical (unpaired) electrons. The van der Waals surface area contributed by atoms with Gasteiger partial charge in [0.25, 0.3) is 10.0 Å². The van der Waals surface area contributed by atoms with Crippen LogP contribution in [0.5, 0.6) is 5.75 Å². The SMILES string of the molecule is COc1ccc(S(=O)(=O)Nc2ccc(NCc3ccc(F)cc3)cn2)cc1. The quantitative estimate of drug-likeness (QED) is 0.647. The maximum Gasteiger partial charge on any atom is 0.263 e. The highest BCUT2D eigenvalue weighted by atomic mass is 32.2. The molecule has 8 heteroatoms. The van der Waals surface area contributed by atoms with Crippen LogP contribution >= 0.6 is 0 Å². The maximum absolute atomic E-state index is 12.9. The molecule has 140 valence electrons. The summed E-state index contributed by atoms with van der Waals surface area (Å²) < 4.78 is 45.1. The third-order valence-corrected chi connectivity index (χ3v) is 5.15. The number of sulfonamides is 1. The van der Waals surface area contributed by atoms with E-state index in [-0.39, 0.29) is 16.5 Å². The number of anilines is 2. The fourth-order valence-corrected chi connectivity index (χ4v) is 3.32. The van der Waals surface area contributed by atoms with Crippen molar-refractivity contribution in [1.29, 1.82) is 0 Å². The summed E-state index contributed by atoms with van der Waals surface area (Å²) in [5, 5.41) is 3.14. The monoisotopic (exact) mass is 387 g/mol. The van der Waals surface area contributed by atoms with Crippen LogP contribution < -0.4 is 14.8 Å². The van der Waals surface area contributed by atoms with Crippen LogP contribution in [0.4, 0.5) is 15.9 Å². The number of halogens is 1. The summed E-state index contributed by atoms with van der Waals surface area (Å²) in [6, 6.07) is 15.5. The molecular weight excluding hydrogens is 369 g/mol. The molecule has 0 atom stereocenters. The zero-order valence-electron chi connectivity index (χ0n) is 14.5. The zero-order valence-corrected chi connectivity index (χ0v) is 15.3. The van der Waals surface area contributed by atoms with E-state index in [4.69, 9.17) is 4.74 Å². The Labute approximate surface area is 157 Å². The number of aromatic nitrogens is 1. The predicted octanol–water partition coefficient (Wildman–Crippen LogP) is 3.64. The molecule has 6 nitrogen and oxygen atoms in total. The predicted molar refractivity (Wildman–Crippen MR) is 102 cm³/mol. The summed E-state index contributed by atoms with van der Waals surface area (Å²) in [5.41, 5.74) is 1.63. The van der Waals surface area contributed by atoms with E-state index in [9.17, 15) is 12.8 Å². The first-order valence-electron chi connectivity index (χ1n) is 8.07. The summed E-state index contributed by atoms with van der Waals surface area (Å²) in [7, 11) is -2.22. The minimum atomic E-state index is -3.73. The Morgan fingerprint density at radius 2 is 1.70 bits per heavy atom. The number of nitrogens with one attached hydrogen (secondary N) is 2. The number of benzene rings is 2. The second kappa shape index (κ2) is 8.05. The van der Waals surface area contributed by atoms with Gasteiger partial charge in [-0.15, -0.1) is 0 Å².